The number of hydrogen-bond donors (Lipinski definition) is 5. The van der Waals surface area contributed by atoms with Crippen LogP contribution in [0.5, 0.6) is 0 Å². The van der Waals surface area contributed by atoms with Gasteiger partial charge in [0.15, 0.2) is 0 Å². The van der Waals surface area contributed by atoms with Crippen LogP contribution in [0.2, 0.25) is 0 Å². The van der Waals surface area contributed by atoms with E-state index in [1.807, 2.05) is 36.4 Å². The van der Waals surface area contributed by atoms with Gasteiger partial charge in [-0.05, 0) is 30.5 Å². The van der Waals surface area contributed by atoms with E-state index in [1.54, 1.807) is 24.3 Å². The Morgan fingerprint density at radius 2 is 1.23 bits per heavy atom. The molecule has 2 saturated heterocycles. The Morgan fingerprint density at radius 3 is 1.68 bits per heavy atom. The number of nitrogens with zero attached hydrogens (tertiary/aromatic N) is 2. The van der Waals surface area contributed by atoms with Gasteiger partial charge in [0.25, 0.3) is 0 Å². The van der Waals surface area contributed by atoms with Crippen molar-refractivity contribution >= 4 is 29.8 Å². The number of aliphatic carboxylic acids is 4. The molecule has 1 unspecified atom stereocenters. The first-order valence-electron chi connectivity index (χ1n) is 12.4. The average Bonchev–Trinajstić information content (AvgIpc) is 3.42. The lowest BCUT2D eigenvalue weighted by Crippen LogP contribution is -2.51. The highest BCUT2D eigenvalue weighted by Crippen LogP contribution is 2.31. The predicted molar refractivity (Wildman–Crippen MR) is 138 cm³/mol. The summed E-state index contributed by atoms with van der Waals surface area (Å²) in [6.45, 7) is 5.35. The van der Waals surface area contributed by atoms with Crippen LogP contribution in [0, 0.1) is 0 Å². The summed E-state index contributed by atoms with van der Waals surface area (Å²) in [5, 5.41) is 41.0. The van der Waals surface area contributed by atoms with E-state index in [-0.39, 0.29) is 6.61 Å². The third-order valence-electron chi connectivity index (χ3n) is 6.36. The zero-order valence-corrected chi connectivity index (χ0v) is 21.6. The number of esters is 1. The molecular formula is C27H32N2O11. The zero-order chi connectivity index (χ0) is 29.7. The molecule has 0 aliphatic carbocycles. The molecule has 2 aliphatic heterocycles. The van der Waals surface area contributed by atoms with Gasteiger partial charge in [0, 0.05) is 32.2 Å². The normalized spacial score (nSPS) is 16.7. The summed E-state index contributed by atoms with van der Waals surface area (Å²) >= 11 is 0. The molecule has 2 aromatic carbocycles. The largest absolute Gasteiger partial charge is 0.473 e. The molecule has 0 spiro atoms. The summed E-state index contributed by atoms with van der Waals surface area (Å²) in [6, 6.07) is 18.7. The van der Waals surface area contributed by atoms with Gasteiger partial charge in [0.2, 0.25) is 5.60 Å². The van der Waals surface area contributed by atoms with Crippen LogP contribution >= 0.6 is 0 Å². The number of carboxylic acids is 4. The fourth-order valence-corrected chi connectivity index (χ4v) is 4.39. The first-order chi connectivity index (χ1) is 19.0. The van der Waals surface area contributed by atoms with Gasteiger partial charge in [0.1, 0.15) is 6.61 Å². The van der Waals surface area contributed by atoms with Crippen molar-refractivity contribution in [2.45, 2.75) is 24.5 Å². The van der Waals surface area contributed by atoms with Gasteiger partial charge < -0.3 is 30.3 Å². The molecular weight excluding hydrogens is 528 g/mol. The van der Waals surface area contributed by atoms with Gasteiger partial charge >= 0.3 is 29.8 Å². The first-order valence-corrected chi connectivity index (χ1v) is 12.4. The Labute approximate surface area is 229 Å². The van der Waals surface area contributed by atoms with Crippen molar-refractivity contribution in [1.29, 1.82) is 0 Å². The van der Waals surface area contributed by atoms with Crippen LogP contribution in [0.4, 0.5) is 0 Å². The Hall–Kier alpha value is -4.33. The summed E-state index contributed by atoms with van der Waals surface area (Å²) in [5.74, 6) is -7.92. The van der Waals surface area contributed by atoms with Crippen LogP contribution in [0.1, 0.15) is 24.0 Å². The maximum atomic E-state index is 13.0. The van der Waals surface area contributed by atoms with Crippen LogP contribution in [0.25, 0.3) is 0 Å². The Kier molecular flexibility index (Phi) is 12.2. The van der Waals surface area contributed by atoms with Gasteiger partial charge in [-0.25, -0.2) is 24.0 Å². The summed E-state index contributed by atoms with van der Waals surface area (Å²) in [6.07, 6.45) is 2.55. The Bertz CT molecular complexity index is 1070. The molecule has 0 radical (unpaired) electrons. The van der Waals surface area contributed by atoms with Crippen molar-refractivity contribution in [2.75, 3.05) is 39.3 Å². The number of benzene rings is 2. The van der Waals surface area contributed by atoms with Gasteiger partial charge in [0.05, 0.1) is 0 Å². The minimum absolute atomic E-state index is 0.285. The molecule has 4 rings (SSSR count). The summed E-state index contributed by atoms with van der Waals surface area (Å²) < 4.78 is 5.59. The van der Waals surface area contributed by atoms with Gasteiger partial charge in [-0.2, -0.15) is 0 Å². The molecule has 1 atom stereocenters. The number of carboxylic acid groups (broad SMARTS) is 4. The van der Waals surface area contributed by atoms with Crippen molar-refractivity contribution in [3.05, 3.63) is 71.8 Å². The maximum absolute atomic E-state index is 13.0. The number of carbonyl (C=O) groups excluding carboxylic acids is 1. The highest BCUT2D eigenvalue weighted by atomic mass is 16.6. The molecule has 40 heavy (non-hydrogen) atoms. The van der Waals surface area contributed by atoms with Crippen molar-refractivity contribution in [3.8, 4) is 0 Å². The van der Waals surface area contributed by atoms with Crippen LogP contribution < -0.4 is 0 Å². The Morgan fingerprint density at radius 1 is 0.750 bits per heavy atom. The van der Waals surface area contributed by atoms with E-state index in [2.05, 4.69) is 9.80 Å². The number of rotatable bonds is 6. The summed E-state index contributed by atoms with van der Waals surface area (Å²) in [5.41, 5.74) is -0.760. The second kappa shape index (κ2) is 15.3. The second-order valence-electron chi connectivity index (χ2n) is 8.93. The first kappa shape index (κ1) is 31.9. The van der Waals surface area contributed by atoms with Crippen LogP contribution in [-0.2, 0) is 34.3 Å². The van der Waals surface area contributed by atoms with Crippen LogP contribution in [-0.4, -0.2) is 111 Å². The smallest absolute Gasteiger partial charge is 0.414 e. The third-order valence-corrected chi connectivity index (χ3v) is 6.36. The number of carbonyl (C=O) groups is 5. The van der Waals surface area contributed by atoms with E-state index in [4.69, 9.17) is 44.3 Å². The average molecular weight is 561 g/mol. The fourth-order valence-electron chi connectivity index (χ4n) is 4.39. The molecule has 2 aliphatic rings. The maximum Gasteiger partial charge on any atom is 0.414 e. The van der Waals surface area contributed by atoms with Gasteiger partial charge in [-0.15, -0.1) is 0 Å². The molecule has 0 saturated carbocycles. The molecule has 0 bridgehead atoms. The molecule has 13 heteroatoms. The number of aliphatic hydroxyl groups is 1. The minimum atomic E-state index is -1.82. The molecule has 13 nitrogen and oxygen atoms in total. The quantitative estimate of drug-likeness (QED) is 0.242. The molecule has 5 N–H and O–H groups in total. The van der Waals surface area contributed by atoms with Crippen molar-refractivity contribution in [1.82, 2.24) is 9.80 Å². The number of ether oxygens (including phenoxy) is 1. The van der Waals surface area contributed by atoms with E-state index >= 15 is 0 Å². The summed E-state index contributed by atoms with van der Waals surface area (Å²) in [7, 11) is 0. The fraction of sp³-hybridized carbons (Fsp3) is 0.370. The lowest BCUT2D eigenvalue weighted by Gasteiger charge is -2.37. The number of fused-ring (bicyclic) bond motifs is 1. The Balaban J connectivity index is 0.000000393. The van der Waals surface area contributed by atoms with Crippen molar-refractivity contribution < 1.29 is 54.2 Å². The predicted octanol–water partition coefficient (Wildman–Crippen LogP) is 0.557. The van der Waals surface area contributed by atoms with E-state index in [1.165, 1.54) is 19.4 Å². The molecule has 0 aromatic heterocycles. The van der Waals surface area contributed by atoms with Crippen molar-refractivity contribution in [2.24, 2.45) is 0 Å². The van der Waals surface area contributed by atoms with E-state index in [0.717, 1.165) is 19.6 Å². The van der Waals surface area contributed by atoms with Crippen molar-refractivity contribution in [3.63, 3.8) is 0 Å². The monoisotopic (exact) mass is 560 g/mol. The second-order valence-corrected chi connectivity index (χ2v) is 8.93. The van der Waals surface area contributed by atoms with Gasteiger partial charge in [-0.1, -0.05) is 60.7 Å². The number of piperazine rings is 1. The third kappa shape index (κ3) is 9.15. The number of hydrogen-bond acceptors (Lipinski definition) is 9. The van der Waals surface area contributed by atoms with E-state index in [9.17, 15) is 9.90 Å². The lowest BCUT2D eigenvalue weighted by atomic mass is 9.86. The molecule has 0 amide bonds. The highest BCUT2D eigenvalue weighted by molar-refractivity contribution is 6.27. The molecule has 2 heterocycles. The van der Waals surface area contributed by atoms with Gasteiger partial charge in [-0.3, -0.25) is 9.80 Å². The standard InChI is InChI=1S/C23H28N2O3.2C2H2O4/c26-22(28-17-16-24-14-15-25-13-7-12-21(25)18-24)23(27,19-8-3-1-4-9-19)20-10-5-2-6-11-20;2*3-1(4)2(5)6/h1-6,8-11,21,27H,7,12-18H2;2*(H,3,4)(H,5,6). The SMILES string of the molecule is O=C(O)C(=O)O.O=C(O)C(=O)O.O=C(OCCN1CCN2CCCC2C1)C(O)(c1ccccc1)c1ccccc1. The van der Waals surface area contributed by atoms with Crippen LogP contribution in [0.3, 0.4) is 0 Å². The van der Waals surface area contributed by atoms with E-state index < -0.39 is 35.4 Å². The van der Waals surface area contributed by atoms with E-state index in [0.29, 0.717) is 23.7 Å². The minimum Gasteiger partial charge on any atom is -0.473 e. The highest BCUT2D eigenvalue weighted by Gasteiger charge is 2.41. The molecule has 216 valence electrons. The molecule has 2 aromatic rings. The molecule has 2 fully saturated rings. The summed E-state index contributed by atoms with van der Waals surface area (Å²) in [4.78, 5) is 54.3. The topological polar surface area (TPSA) is 202 Å². The zero-order valence-electron chi connectivity index (χ0n) is 21.6. The van der Waals surface area contributed by atoms with Crippen LogP contribution in [0.15, 0.2) is 60.7 Å². The lowest BCUT2D eigenvalue weighted by molar-refractivity contribution is -0.162.